The fraction of sp³-hybridized carbons (Fsp3) is 0.266. The maximum atomic E-state index is 12.3. The van der Waals surface area contributed by atoms with Gasteiger partial charge in [0.2, 0.25) is 20.4 Å². The second kappa shape index (κ2) is 34.8. The molecule has 0 radical (unpaired) electrons. The minimum atomic E-state index is -5.08. The zero-order valence-electron chi connectivity index (χ0n) is 48.9. The summed E-state index contributed by atoms with van der Waals surface area (Å²) in [6.45, 7) is 0.719. The van der Waals surface area contributed by atoms with Crippen LogP contribution < -0.4 is 58.0 Å². The standard InChI is InChI=1S/2C20H18N2O4.C12H14N2O2.C8H6O3.C2HF3O2.CH2Cl2.CH4.I3/c2*1-24-20(23)15-9-13-12-4-2-3-5-14(12)21-19(13)18(22-15)11-6-7-16-17(8-11)26-10-25-16;1-16-12(15)10(13)6-8-7-14-11-5-3-2-4-9(8)11;9-4-6-1-2-7-8(3-6)11-5-10-7;3-2(4,5)1(6)7;2-1-3;;1-3-2/h2*2-8,15,18,21-22H,9-10H2,1H3;2-5,7,10,14H,6,13H2,1H3;1-4H,5H2;(H,6,7);1H2;1H4;/q;;;;;;;-1/t2*15-,18-;10-;;;;;/m111...../s1. The topological polar surface area (TPSA) is 286 Å². The normalized spacial score (nSPS) is 16.6. The first kappa shape index (κ1) is 73.1. The van der Waals surface area contributed by atoms with E-state index < -0.39 is 30.3 Å². The molecule has 93 heavy (non-hydrogen) atoms. The predicted octanol–water partition coefficient (Wildman–Crippen LogP) is 9.25. The van der Waals surface area contributed by atoms with Crippen LogP contribution in [0.25, 0.3) is 32.7 Å². The van der Waals surface area contributed by atoms with Crippen LogP contribution in [0.5, 0.6) is 34.5 Å². The number of ether oxygens (including phenoxy) is 9. The van der Waals surface area contributed by atoms with E-state index in [0.717, 1.165) is 101 Å². The Kier molecular flexibility index (Phi) is 27.3. The fourth-order valence-corrected chi connectivity index (χ4v) is 10.5. The maximum absolute atomic E-state index is 12.3. The number of benzene rings is 6. The van der Waals surface area contributed by atoms with Crippen LogP contribution in [0.4, 0.5) is 13.2 Å². The van der Waals surface area contributed by atoms with Crippen molar-refractivity contribution in [3.63, 3.8) is 0 Å². The Morgan fingerprint density at radius 3 is 1.43 bits per heavy atom. The molecule has 5 aliphatic rings. The van der Waals surface area contributed by atoms with Crippen molar-refractivity contribution >= 4 is 123 Å². The van der Waals surface area contributed by atoms with Crippen LogP contribution in [0.15, 0.2) is 134 Å². The third-order valence-corrected chi connectivity index (χ3v) is 14.6. The van der Waals surface area contributed by atoms with Crippen molar-refractivity contribution in [2.75, 3.05) is 47.0 Å². The summed E-state index contributed by atoms with van der Waals surface area (Å²) >= 11 is 14.8. The summed E-state index contributed by atoms with van der Waals surface area (Å²) in [6, 6.07) is 39.3. The number of nitrogens with two attached hydrogens (primary N) is 1. The summed E-state index contributed by atoms with van der Waals surface area (Å²) in [5, 5.41) is 17.6. The molecule has 0 fully saturated rings. The van der Waals surface area contributed by atoms with Crippen LogP contribution in [0.3, 0.4) is 0 Å². The van der Waals surface area contributed by atoms with Gasteiger partial charge in [-0.25, -0.2) is 4.79 Å². The Balaban J connectivity index is 0.000000170. The molecule has 3 aromatic heterocycles. The molecule has 0 bridgehead atoms. The van der Waals surface area contributed by atoms with Gasteiger partial charge in [0.1, 0.15) is 24.4 Å². The van der Waals surface area contributed by atoms with E-state index >= 15 is 0 Å². The first-order chi connectivity index (χ1) is 44.4. The molecule has 14 rings (SSSR count). The van der Waals surface area contributed by atoms with Crippen LogP contribution in [0, 0.1) is 0 Å². The van der Waals surface area contributed by atoms with E-state index in [4.69, 9.17) is 76.7 Å². The number of aldehydes is 1. The SMILES string of the molecule is C.COC(=O)[C@H](N)Cc1c[nH]c2ccccc12.COC(=O)[C@H]1Cc2c([nH]c3ccccc23)[C@@H](c2ccc3c(c2)OCO3)N1.COC(=O)[C@H]1Cc2c([nH]c3ccccc23)[C@@H](c2ccc3c(c2)OCO3)N1.ClCCl.I[I-]I.O=C(O)C(F)(F)F.O=Cc1ccc2c(c1)OCO2. The number of esters is 3. The Bertz CT molecular complexity index is 3880. The second-order valence-electron chi connectivity index (χ2n) is 20.0. The van der Waals surface area contributed by atoms with E-state index in [-0.39, 0.29) is 63.1 Å². The number of carboxylic acids is 1. The van der Waals surface area contributed by atoms with Crippen LogP contribution in [0.2, 0.25) is 0 Å². The van der Waals surface area contributed by atoms with E-state index in [1.165, 1.54) is 21.3 Å². The third-order valence-electron chi connectivity index (χ3n) is 14.6. The average Bonchev–Trinajstić information content (AvgIpc) is 1.64. The van der Waals surface area contributed by atoms with E-state index in [1.54, 1.807) is 18.2 Å². The van der Waals surface area contributed by atoms with Gasteiger partial charge in [0, 0.05) is 75.1 Å². The van der Waals surface area contributed by atoms with Crippen molar-refractivity contribution in [2.24, 2.45) is 5.73 Å². The number of H-pyrrole nitrogens is 3. The summed E-state index contributed by atoms with van der Waals surface area (Å²) < 4.78 is 78.3. The molecule has 29 heteroatoms. The number of fused-ring (bicyclic) bond motifs is 10. The quantitative estimate of drug-likeness (QED) is 0.0245. The molecule has 0 saturated carbocycles. The predicted molar refractivity (Wildman–Crippen MR) is 356 cm³/mol. The Labute approximate surface area is 571 Å². The molecule has 0 aliphatic carbocycles. The van der Waals surface area contributed by atoms with Gasteiger partial charge in [-0.2, -0.15) is 13.2 Å². The summed E-state index contributed by atoms with van der Waals surface area (Å²) in [5.41, 5.74) is 17.0. The average molecular weight is 1660 g/mol. The first-order valence-electron chi connectivity index (χ1n) is 27.6. The number of rotatable bonds is 8. The molecular weight excluding hydrogens is 1600 g/mol. The van der Waals surface area contributed by atoms with Crippen molar-refractivity contribution in [2.45, 2.75) is 63.1 Å². The molecular formula is C64H63Cl2F3I3N6O15-. The van der Waals surface area contributed by atoms with Gasteiger partial charge in [0.05, 0.1) is 38.8 Å². The molecule has 5 atom stereocenters. The molecule has 9 aromatic rings. The summed E-state index contributed by atoms with van der Waals surface area (Å²) in [5.74, 6) is 0.627. The van der Waals surface area contributed by atoms with Gasteiger partial charge in [0.15, 0.2) is 34.5 Å². The fourth-order valence-electron chi connectivity index (χ4n) is 10.5. The maximum Gasteiger partial charge on any atom is 0.490 e. The number of nitrogens with one attached hydrogen (secondary N) is 5. The van der Waals surface area contributed by atoms with Crippen LogP contribution in [-0.4, -0.2) is 122 Å². The Morgan fingerprint density at radius 2 is 1.02 bits per heavy atom. The van der Waals surface area contributed by atoms with Gasteiger partial charge in [-0.15, -0.1) is 23.2 Å². The zero-order chi connectivity index (χ0) is 66.1. The zero-order valence-corrected chi connectivity index (χ0v) is 56.9. The number of aromatic nitrogens is 3. The monoisotopic (exact) mass is 1660 g/mol. The van der Waals surface area contributed by atoms with Gasteiger partial charge < -0.3 is 68.4 Å². The molecule has 21 nitrogen and oxygen atoms in total. The minimum Gasteiger partial charge on any atom is -0.475 e. The molecule has 6 aromatic carbocycles. The number of methoxy groups -OCH3 is 3. The minimum absolute atomic E-state index is 0. The number of carbonyl (C=O) groups is 5. The number of alkyl halides is 5. The summed E-state index contributed by atoms with van der Waals surface area (Å²) in [6.07, 6.45) is -0.758. The number of hydrogen-bond donors (Lipinski definition) is 7. The smallest absolute Gasteiger partial charge is 0.475 e. The number of aliphatic carboxylic acids is 1. The number of halogens is 8. The first-order valence-corrected chi connectivity index (χ1v) is 41.2. The van der Waals surface area contributed by atoms with Gasteiger partial charge in [-0.3, -0.25) is 29.8 Å². The number of para-hydroxylation sites is 3. The van der Waals surface area contributed by atoms with Crippen molar-refractivity contribution in [3.05, 3.63) is 178 Å². The van der Waals surface area contributed by atoms with Crippen LogP contribution in [-0.2, 0) is 52.7 Å². The van der Waals surface area contributed by atoms with E-state index in [2.05, 4.69) is 91.8 Å². The van der Waals surface area contributed by atoms with Gasteiger partial charge in [-0.1, -0.05) is 74.2 Å². The summed E-state index contributed by atoms with van der Waals surface area (Å²) in [7, 11) is 4.19. The largest absolute Gasteiger partial charge is 0.490 e. The molecule has 0 spiro atoms. The van der Waals surface area contributed by atoms with Crippen LogP contribution >= 0.6 is 60.4 Å². The van der Waals surface area contributed by atoms with Crippen molar-refractivity contribution in [1.29, 1.82) is 0 Å². The molecule has 0 saturated heterocycles. The Hall–Kier alpha value is -7.27. The second-order valence-corrected chi connectivity index (χ2v) is 37.0. The van der Waals surface area contributed by atoms with Gasteiger partial charge >= 0.3 is 80.5 Å². The van der Waals surface area contributed by atoms with Crippen molar-refractivity contribution in [3.8, 4) is 34.5 Å². The molecule has 8 heterocycles. The molecule has 0 unspecified atom stereocenters. The van der Waals surface area contributed by atoms with Crippen molar-refractivity contribution in [1.82, 2.24) is 25.6 Å². The molecule has 5 aliphatic heterocycles. The molecule has 0 amide bonds. The Morgan fingerprint density at radius 1 is 0.634 bits per heavy atom. The van der Waals surface area contributed by atoms with E-state index in [1.807, 2.05) is 91.1 Å². The molecule has 8 N–H and O–H groups in total. The van der Waals surface area contributed by atoms with Gasteiger partial charge in [0.25, 0.3) is 0 Å². The molecule has 496 valence electrons. The van der Waals surface area contributed by atoms with E-state index in [0.29, 0.717) is 49.6 Å². The summed E-state index contributed by atoms with van der Waals surface area (Å²) in [4.78, 5) is 65.1. The van der Waals surface area contributed by atoms with E-state index in [9.17, 15) is 32.3 Å². The number of hydrogen-bond acceptors (Lipinski definition) is 17. The third kappa shape index (κ3) is 18.4. The number of aromatic amines is 3. The van der Waals surface area contributed by atoms with Gasteiger partial charge in [-0.05, 0) is 88.5 Å². The van der Waals surface area contributed by atoms with Crippen molar-refractivity contribution < 1.29 is 98.1 Å². The van der Waals surface area contributed by atoms with Crippen LogP contribution in [0.1, 0.15) is 69.1 Å². The number of carboxylic acid groups (broad SMARTS) is 1. The number of carbonyl (C=O) groups excluding carboxylic acids is 4.